The number of carbonyl (C=O) groups excluding carboxylic acids is 2. The number of β-amino-alcohol motifs (C(OH)–C–C–N with tert-alkyl or cyclic N) is 1. The first-order valence-electron chi connectivity index (χ1n) is 5.30. The van der Waals surface area contributed by atoms with E-state index in [0.29, 0.717) is 0 Å². The van der Waals surface area contributed by atoms with Gasteiger partial charge in [0.25, 0.3) is 0 Å². The molecule has 0 bridgehead atoms. The molecule has 3 N–H and O–H groups in total. The number of likely N-dealkylation sites (tertiary alicyclic amines) is 1. The predicted octanol–water partition coefficient (Wildman–Crippen LogP) is -1.14. The second-order valence-corrected chi connectivity index (χ2v) is 4.21. The number of primary amides is 1. The molecule has 16 heavy (non-hydrogen) atoms. The van der Waals surface area contributed by atoms with Gasteiger partial charge in [-0.2, -0.15) is 0 Å². The fourth-order valence-electron chi connectivity index (χ4n) is 1.68. The van der Waals surface area contributed by atoms with Crippen LogP contribution in [-0.2, 0) is 14.3 Å². The third-order valence-electron chi connectivity index (χ3n) is 2.47. The maximum atomic E-state index is 11.7. The van der Waals surface area contributed by atoms with E-state index in [0.717, 1.165) is 0 Å². The molecule has 2 amide bonds. The third kappa shape index (κ3) is 3.18. The quantitative estimate of drug-likeness (QED) is 0.638. The lowest BCUT2D eigenvalue weighted by Crippen LogP contribution is -2.45. The van der Waals surface area contributed by atoms with Crippen LogP contribution in [0.15, 0.2) is 0 Å². The van der Waals surface area contributed by atoms with Crippen molar-refractivity contribution in [3.05, 3.63) is 0 Å². The Morgan fingerprint density at radius 1 is 1.56 bits per heavy atom. The Morgan fingerprint density at radius 2 is 2.19 bits per heavy atom. The van der Waals surface area contributed by atoms with E-state index in [1.54, 1.807) is 0 Å². The van der Waals surface area contributed by atoms with Gasteiger partial charge >= 0.3 is 0 Å². The molecule has 1 aliphatic rings. The van der Waals surface area contributed by atoms with Gasteiger partial charge in [0.15, 0.2) is 0 Å². The first kappa shape index (κ1) is 12.9. The number of nitrogens with zero attached hydrogens (tertiary/aromatic N) is 1. The van der Waals surface area contributed by atoms with Crippen molar-refractivity contribution in [1.82, 2.24) is 4.90 Å². The van der Waals surface area contributed by atoms with Gasteiger partial charge in [0.05, 0.1) is 12.2 Å². The number of carbonyl (C=O) groups is 2. The van der Waals surface area contributed by atoms with Crippen molar-refractivity contribution in [2.75, 3.05) is 13.2 Å². The normalized spacial score (nSPS) is 25.1. The van der Waals surface area contributed by atoms with Gasteiger partial charge in [0.2, 0.25) is 11.8 Å². The lowest BCUT2D eigenvalue weighted by atomic mass is 10.2. The van der Waals surface area contributed by atoms with Crippen LogP contribution in [-0.4, -0.2) is 53.2 Å². The molecule has 1 fully saturated rings. The van der Waals surface area contributed by atoms with Crippen LogP contribution in [0.4, 0.5) is 0 Å². The second-order valence-electron chi connectivity index (χ2n) is 4.21. The molecular formula is C10H18N2O4. The molecular weight excluding hydrogens is 212 g/mol. The number of aliphatic hydroxyl groups excluding tert-OH is 1. The molecule has 0 aromatic rings. The number of nitrogens with two attached hydrogens (primary N) is 1. The van der Waals surface area contributed by atoms with E-state index in [1.807, 2.05) is 13.8 Å². The van der Waals surface area contributed by atoms with Crippen molar-refractivity contribution in [3.8, 4) is 0 Å². The fraction of sp³-hybridized carbons (Fsp3) is 0.800. The minimum atomic E-state index is -0.710. The van der Waals surface area contributed by atoms with Crippen molar-refractivity contribution < 1.29 is 19.4 Å². The number of hydrogen-bond acceptors (Lipinski definition) is 4. The summed E-state index contributed by atoms with van der Waals surface area (Å²) < 4.78 is 5.15. The zero-order chi connectivity index (χ0) is 12.3. The Morgan fingerprint density at radius 3 is 2.69 bits per heavy atom. The summed E-state index contributed by atoms with van der Waals surface area (Å²) in [5.41, 5.74) is 5.16. The standard InChI is InChI=1S/C10H18N2O4/c1-6(2)16-5-9(14)12-4-7(13)3-8(12)10(11)15/h6-8,13H,3-5H2,1-2H3,(H2,11,15). The molecule has 1 saturated heterocycles. The largest absolute Gasteiger partial charge is 0.391 e. The van der Waals surface area contributed by atoms with Crippen molar-refractivity contribution in [1.29, 1.82) is 0 Å². The van der Waals surface area contributed by atoms with Crippen LogP contribution in [0.25, 0.3) is 0 Å². The number of amides is 2. The van der Waals surface area contributed by atoms with E-state index < -0.39 is 18.1 Å². The monoisotopic (exact) mass is 230 g/mol. The Balaban J connectivity index is 2.56. The average Bonchev–Trinajstić information content (AvgIpc) is 2.56. The Kier molecular flexibility index (Phi) is 4.26. The zero-order valence-electron chi connectivity index (χ0n) is 9.55. The minimum Gasteiger partial charge on any atom is -0.391 e. The van der Waals surface area contributed by atoms with Crippen LogP contribution in [0.1, 0.15) is 20.3 Å². The summed E-state index contributed by atoms with van der Waals surface area (Å²) in [6.07, 6.45) is -0.521. The topological polar surface area (TPSA) is 92.9 Å². The molecule has 0 spiro atoms. The molecule has 1 aliphatic heterocycles. The fourth-order valence-corrected chi connectivity index (χ4v) is 1.68. The first-order valence-corrected chi connectivity index (χ1v) is 5.30. The van der Waals surface area contributed by atoms with Gasteiger partial charge in [0, 0.05) is 13.0 Å². The average molecular weight is 230 g/mol. The summed E-state index contributed by atoms with van der Waals surface area (Å²) in [5, 5.41) is 9.40. The summed E-state index contributed by atoms with van der Waals surface area (Å²) in [6, 6.07) is -0.710. The van der Waals surface area contributed by atoms with Gasteiger partial charge < -0.3 is 20.5 Å². The molecule has 1 rings (SSSR count). The van der Waals surface area contributed by atoms with Crippen molar-refractivity contribution >= 4 is 11.8 Å². The van der Waals surface area contributed by atoms with Crippen LogP contribution in [0.3, 0.4) is 0 Å². The number of rotatable bonds is 4. The summed E-state index contributed by atoms with van der Waals surface area (Å²) >= 11 is 0. The Labute approximate surface area is 94.3 Å². The van der Waals surface area contributed by atoms with Crippen LogP contribution < -0.4 is 5.73 Å². The smallest absolute Gasteiger partial charge is 0.249 e. The van der Waals surface area contributed by atoms with E-state index >= 15 is 0 Å². The van der Waals surface area contributed by atoms with Crippen molar-refractivity contribution in [2.45, 2.75) is 38.5 Å². The highest BCUT2D eigenvalue weighted by atomic mass is 16.5. The van der Waals surface area contributed by atoms with Gasteiger partial charge in [-0.25, -0.2) is 0 Å². The first-order chi connectivity index (χ1) is 7.41. The van der Waals surface area contributed by atoms with E-state index in [-0.39, 0.29) is 31.6 Å². The van der Waals surface area contributed by atoms with Gasteiger partial charge in [-0.3, -0.25) is 9.59 Å². The molecule has 0 radical (unpaired) electrons. The van der Waals surface area contributed by atoms with Crippen LogP contribution in [0.2, 0.25) is 0 Å². The van der Waals surface area contributed by atoms with Crippen molar-refractivity contribution in [2.24, 2.45) is 5.73 Å². The van der Waals surface area contributed by atoms with Crippen LogP contribution in [0.5, 0.6) is 0 Å². The number of ether oxygens (including phenoxy) is 1. The molecule has 2 atom stereocenters. The van der Waals surface area contributed by atoms with Gasteiger partial charge in [-0.15, -0.1) is 0 Å². The van der Waals surface area contributed by atoms with E-state index in [1.165, 1.54) is 4.90 Å². The Hall–Kier alpha value is -1.14. The van der Waals surface area contributed by atoms with E-state index in [9.17, 15) is 14.7 Å². The SMILES string of the molecule is CC(C)OCC(=O)N1CC(O)CC1C(N)=O. The minimum absolute atomic E-state index is 0.0523. The second kappa shape index (κ2) is 5.27. The van der Waals surface area contributed by atoms with Crippen molar-refractivity contribution in [3.63, 3.8) is 0 Å². The van der Waals surface area contributed by atoms with Crippen LogP contribution in [0, 0.1) is 0 Å². The molecule has 0 aromatic carbocycles. The lowest BCUT2D eigenvalue weighted by Gasteiger charge is -2.22. The predicted molar refractivity (Wildman–Crippen MR) is 56.4 cm³/mol. The highest BCUT2D eigenvalue weighted by Crippen LogP contribution is 2.17. The molecule has 6 heteroatoms. The zero-order valence-corrected chi connectivity index (χ0v) is 9.55. The molecule has 92 valence electrons. The molecule has 2 unspecified atom stereocenters. The Bertz CT molecular complexity index is 280. The maximum Gasteiger partial charge on any atom is 0.249 e. The lowest BCUT2D eigenvalue weighted by molar-refractivity contribution is -0.142. The van der Waals surface area contributed by atoms with E-state index in [2.05, 4.69) is 0 Å². The highest BCUT2D eigenvalue weighted by Gasteiger charge is 2.37. The summed E-state index contributed by atoms with van der Waals surface area (Å²) in [5.74, 6) is -0.900. The molecule has 0 aromatic heterocycles. The van der Waals surface area contributed by atoms with Gasteiger partial charge in [0.1, 0.15) is 12.6 Å². The number of hydrogen-bond donors (Lipinski definition) is 2. The van der Waals surface area contributed by atoms with Crippen LogP contribution >= 0.6 is 0 Å². The summed E-state index contributed by atoms with van der Waals surface area (Å²) in [7, 11) is 0. The molecule has 1 heterocycles. The van der Waals surface area contributed by atoms with Gasteiger partial charge in [-0.1, -0.05) is 0 Å². The van der Waals surface area contributed by atoms with E-state index in [4.69, 9.17) is 10.5 Å². The van der Waals surface area contributed by atoms with Gasteiger partial charge in [-0.05, 0) is 13.8 Å². The summed E-state index contributed by atoms with van der Waals surface area (Å²) in [4.78, 5) is 24.1. The maximum absolute atomic E-state index is 11.7. The summed E-state index contributed by atoms with van der Waals surface area (Å²) in [6.45, 7) is 3.69. The third-order valence-corrected chi connectivity index (χ3v) is 2.47. The molecule has 0 saturated carbocycles. The molecule has 0 aliphatic carbocycles. The number of aliphatic hydroxyl groups is 1. The molecule has 6 nitrogen and oxygen atoms in total. The highest BCUT2D eigenvalue weighted by molar-refractivity contribution is 5.87.